The largest absolute Gasteiger partial charge is 0.378 e. The summed E-state index contributed by atoms with van der Waals surface area (Å²) in [6.45, 7) is 9.42. The van der Waals surface area contributed by atoms with Gasteiger partial charge in [-0.1, -0.05) is 24.3 Å². The first-order valence-corrected chi connectivity index (χ1v) is 11.3. The zero-order chi connectivity index (χ0) is 21.5. The van der Waals surface area contributed by atoms with Crippen LogP contribution in [0.3, 0.4) is 0 Å². The number of benzene rings is 1. The van der Waals surface area contributed by atoms with Gasteiger partial charge in [0.1, 0.15) is 0 Å². The third-order valence-electron chi connectivity index (χ3n) is 6.15. The van der Waals surface area contributed by atoms with Crippen LogP contribution in [0, 0.1) is 0 Å². The fourth-order valence-corrected chi connectivity index (χ4v) is 4.29. The van der Waals surface area contributed by atoms with Crippen LogP contribution >= 0.6 is 0 Å². The van der Waals surface area contributed by atoms with Crippen LogP contribution < -0.4 is 10.2 Å². The number of hydrogen-bond acceptors (Lipinski definition) is 5. The lowest BCUT2D eigenvalue weighted by atomic mass is 10.2. The van der Waals surface area contributed by atoms with Gasteiger partial charge < -0.3 is 24.8 Å². The van der Waals surface area contributed by atoms with Crippen LogP contribution in [-0.2, 0) is 16.1 Å². The van der Waals surface area contributed by atoms with Crippen LogP contribution in [0.2, 0.25) is 0 Å². The Hall–Kier alpha value is -2.58. The van der Waals surface area contributed by atoms with E-state index >= 15 is 0 Å². The van der Waals surface area contributed by atoms with Gasteiger partial charge in [0.05, 0.1) is 19.8 Å². The maximum absolute atomic E-state index is 12.5. The third-order valence-corrected chi connectivity index (χ3v) is 6.15. The zero-order valence-electron chi connectivity index (χ0n) is 18.5. The van der Waals surface area contributed by atoms with Gasteiger partial charge in [-0.15, -0.1) is 0 Å². The van der Waals surface area contributed by atoms with E-state index in [-0.39, 0.29) is 5.91 Å². The van der Waals surface area contributed by atoms with Gasteiger partial charge in [-0.25, -0.2) is 0 Å². The SMILES string of the molecule is CN=C(NCc1cccc(N2CC=CC2)c1)N1CCN(CC(=O)N2CCOCC2)CC1. The summed E-state index contributed by atoms with van der Waals surface area (Å²) in [5.74, 6) is 1.14. The average molecular weight is 427 g/mol. The van der Waals surface area contributed by atoms with Gasteiger partial charge in [-0.05, 0) is 17.7 Å². The molecule has 0 aromatic heterocycles. The second-order valence-electron chi connectivity index (χ2n) is 8.20. The second-order valence-corrected chi connectivity index (χ2v) is 8.20. The van der Waals surface area contributed by atoms with Crippen molar-refractivity contribution in [3.63, 3.8) is 0 Å². The normalized spacial score (nSPS) is 20.4. The lowest BCUT2D eigenvalue weighted by molar-refractivity contribution is -0.136. The molecule has 3 heterocycles. The fraction of sp³-hybridized carbons (Fsp3) is 0.565. The van der Waals surface area contributed by atoms with E-state index in [1.165, 1.54) is 11.3 Å². The lowest BCUT2D eigenvalue weighted by Crippen LogP contribution is -2.54. The number of aliphatic imine (C=N–C) groups is 1. The minimum atomic E-state index is 0.215. The van der Waals surface area contributed by atoms with E-state index in [0.29, 0.717) is 32.8 Å². The van der Waals surface area contributed by atoms with Crippen LogP contribution in [0.1, 0.15) is 5.56 Å². The second kappa shape index (κ2) is 10.6. The standard InChI is InChI=1S/C23H34N6O2/c1-24-23(25-18-20-5-4-6-21(17-20)27-7-2-3-8-27)29-11-9-26(10-12-29)19-22(30)28-13-15-31-16-14-28/h2-6,17H,7-16,18-19H2,1H3,(H,24,25). The molecule has 8 nitrogen and oxygen atoms in total. The van der Waals surface area contributed by atoms with E-state index < -0.39 is 0 Å². The van der Waals surface area contributed by atoms with Crippen LogP contribution in [-0.4, -0.2) is 106 Å². The predicted molar refractivity (Wildman–Crippen MR) is 123 cm³/mol. The summed E-state index contributed by atoms with van der Waals surface area (Å²) in [5, 5.41) is 3.51. The summed E-state index contributed by atoms with van der Waals surface area (Å²) in [4.78, 5) is 25.8. The third kappa shape index (κ3) is 5.77. The Morgan fingerprint density at radius 3 is 2.48 bits per heavy atom. The van der Waals surface area contributed by atoms with Crippen molar-refractivity contribution < 1.29 is 9.53 Å². The lowest BCUT2D eigenvalue weighted by Gasteiger charge is -2.37. The summed E-state index contributed by atoms with van der Waals surface area (Å²) in [5.41, 5.74) is 2.51. The molecule has 0 atom stereocenters. The fourth-order valence-electron chi connectivity index (χ4n) is 4.29. The number of rotatable bonds is 5. The predicted octanol–water partition coefficient (Wildman–Crippen LogP) is 0.615. The van der Waals surface area contributed by atoms with Crippen LogP contribution in [0.4, 0.5) is 5.69 Å². The molecule has 0 aliphatic carbocycles. The van der Waals surface area contributed by atoms with Crippen molar-refractivity contribution in [1.29, 1.82) is 0 Å². The molecule has 0 saturated carbocycles. The van der Waals surface area contributed by atoms with E-state index in [2.05, 4.69) is 61.4 Å². The number of hydrogen-bond donors (Lipinski definition) is 1. The Morgan fingerprint density at radius 2 is 1.77 bits per heavy atom. The van der Waals surface area contributed by atoms with Gasteiger partial charge in [0.2, 0.25) is 5.91 Å². The Balaban J connectivity index is 1.23. The highest BCUT2D eigenvalue weighted by atomic mass is 16.5. The number of guanidine groups is 1. The number of ether oxygens (including phenoxy) is 1. The average Bonchev–Trinajstić information content (AvgIpc) is 3.36. The quantitative estimate of drug-likeness (QED) is 0.423. The van der Waals surface area contributed by atoms with Gasteiger partial charge >= 0.3 is 0 Å². The number of nitrogens with zero attached hydrogens (tertiary/aromatic N) is 5. The van der Waals surface area contributed by atoms with Gasteiger partial charge in [0.25, 0.3) is 0 Å². The topological polar surface area (TPSA) is 63.7 Å². The Morgan fingerprint density at radius 1 is 1.03 bits per heavy atom. The molecule has 4 rings (SSSR count). The monoisotopic (exact) mass is 426 g/mol. The van der Waals surface area contributed by atoms with E-state index in [1.54, 1.807) is 0 Å². The number of piperazine rings is 1. The van der Waals surface area contributed by atoms with Gasteiger partial charge in [0, 0.05) is 71.6 Å². The molecule has 31 heavy (non-hydrogen) atoms. The van der Waals surface area contributed by atoms with Crippen molar-refractivity contribution in [2.24, 2.45) is 4.99 Å². The molecule has 0 unspecified atom stereocenters. The Labute approximate surface area is 185 Å². The zero-order valence-corrected chi connectivity index (χ0v) is 18.5. The van der Waals surface area contributed by atoms with E-state index in [0.717, 1.165) is 51.8 Å². The molecule has 8 heteroatoms. The number of carbonyl (C=O) groups excluding carboxylic acids is 1. The van der Waals surface area contributed by atoms with Gasteiger partial charge in [-0.3, -0.25) is 14.7 Å². The molecule has 0 bridgehead atoms. The highest BCUT2D eigenvalue weighted by molar-refractivity contribution is 5.80. The molecule has 3 aliphatic rings. The van der Waals surface area contributed by atoms with E-state index in [1.807, 2.05) is 11.9 Å². The molecule has 2 saturated heterocycles. The maximum atomic E-state index is 12.5. The van der Waals surface area contributed by atoms with Crippen molar-refractivity contribution in [3.8, 4) is 0 Å². The van der Waals surface area contributed by atoms with Crippen LogP contribution in [0.15, 0.2) is 41.4 Å². The summed E-state index contributed by atoms with van der Waals surface area (Å²) in [7, 11) is 1.84. The molecule has 3 aliphatic heterocycles. The summed E-state index contributed by atoms with van der Waals surface area (Å²) < 4.78 is 5.34. The number of carbonyl (C=O) groups is 1. The molecule has 0 radical (unpaired) electrons. The van der Waals surface area contributed by atoms with Gasteiger partial charge in [0.15, 0.2) is 5.96 Å². The highest BCUT2D eigenvalue weighted by Gasteiger charge is 2.24. The van der Waals surface area contributed by atoms with Crippen molar-refractivity contribution in [3.05, 3.63) is 42.0 Å². The smallest absolute Gasteiger partial charge is 0.236 e. The molecule has 168 valence electrons. The molecule has 1 aromatic rings. The van der Waals surface area contributed by atoms with Crippen molar-refractivity contribution in [1.82, 2.24) is 20.0 Å². The van der Waals surface area contributed by atoms with Crippen molar-refractivity contribution in [2.45, 2.75) is 6.54 Å². The number of nitrogens with one attached hydrogen (secondary N) is 1. The summed E-state index contributed by atoms with van der Waals surface area (Å²) in [6, 6.07) is 8.70. The molecule has 2 fully saturated rings. The van der Waals surface area contributed by atoms with Gasteiger partial charge in [-0.2, -0.15) is 0 Å². The molecular formula is C23H34N6O2. The van der Waals surface area contributed by atoms with E-state index in [9.17, 15) is 4.79 Å². The summed E-state index contributed by atoms with van der Waals surface area (Å²) >= 11 is 0. The molecule has 1 aromatic carbocycles. The van der Waals surface area contributed by atoms with E-state index in [4.69, 9.17) is 4.74 Å². The summed E-state index contributed by atoms with van der Waals surface area (Å²) in [6.07, 6.45) is 4.42. The van der Waals surface area contributed by atoms with Crippen molar-refractivity contribution >= 4 is 17.6 Å². The Bertz CT molecular complexity index is 789. The number of amides is 1. The molecule has 1 amide bonds. The molecule has 1 N–H and O–H groups in total. The molecule has 0 spiro atoms. The number of morpholine rings is 1. The first-order valence-electron chi connectivity index (χ1n) is 11.3. The minimum absolute atomic E-state index is 0.215. The molecular weight excluding hydrogens is 392 g/mol. The first-order chi connectivity index (χ1) is 15.2. The maximum Gasteiger partial charge on any atom is 0.236 e. The van der Waals surface area contributed by atoms with Crippen molar-refractivity contribution in [2.75, 3.05) is 84.1 Å². The van der Waals surface area contributed by atoms with Crippen LogP contribution in [0.25, 0.3) is 0 Å². The minimum Gasteiger partial charge on any atom is -0.378 e. The number of anilines is 1. The Kier molecular flexibility index (Phi) is 7.43. The highest BCUT2D eigenvalue weighted by Crippen LogP contribution is 2.18. The first kappa shape index (κ1) is 21.6. The van der Waals surface area contributed by atoms with Crippen LogP contribution in [0.5, 0.6) is 0 Å².